The lowest BCUT2D eigenvalue weighted by Crippen LogP contribution is -2.58. The maximum atomic E-state index is 9.72. The Kier molecular flexibility index (Phi) is 2.30. The lowest BCUT2D eigenvalue weighted by Gasteiger charge is -2.51. The second kappa shape index (κ2) is 3.57. The van der Waals surface area contributed by atoms with Gasteiger partial charge in [-0.3, -0.25) is 0 Å². The lowest BCUT2D eigenvalue weighted by atomic mass is 9.68. The number of hydrogen-bond acceptors (Lipinski definition) is 4. The van der Waals surface area contributed by atoms with E-state index in [1.165, 1.54) is 0 Å². The summed E-state index contributed by atoms with van der Waals surface area (Å²) in [5.41, 5.74) is 0. The van der Waals surface area contributed by atoms with E-state index in [9.17, 15) is 5.11 Å². The van der Waals surface area contributed by atoms with Gasteiger partial charge in [0.1, 0.15) is 16.8 Å². The molecule has 3 fully saturated rings. The van der Waals surface area contributed by atoms with Crippen molar-refractivity contribution >= 4 is 17.4 Å². The molecule has 0 spiro atoms. The third kappa shape index (κ3) is 1.57. The van der Waals surface area contributed by atoms with Crippen LogP contribution in [0.5, 0.6) is 0 Å². The molecule has 2 bridgehead atoms. The highest BCUT2D eigenvalue weighted by Crippen LogP contribution is 2.41. The Morgan fingerprint density at radius 1 is 1.38 bits per heavy atom. The molecule has 1 saturated carbocycles. The van der Waals surface area contributed by atoms with Crippen molar-refractivity contribution in [1.29, 1.82) is 0 Å². The maximum absolute atomic E-state index is 9.72. The molecule has 86 valence electrons. The van der Waals surface area contributed by atoms with Gasteiger partial charge in [-0.2, -0.15) is 0 Å². The number of piperidine rings is 2. The van der Waals surface area contributed by atoms with E-state index in [-0.39, 0.29) is 6.10 Å². The first-order chi connectivity index (χ1) is 7.63. The van der Waals surface area contributed by atoms with Crippen molar-refractivity contribution in [3.05, 3.63) is 17.0 Å². The van der Waals surface area contributed by atoms with Gasteiger partial charge in [0.15, 0.2) is 0 Å². The zero-order valence-corrected chi connectivity index (χ0v) is 9.85. The molecule has 3 aliphatic rings. The third-order valence-corrected chi connectivity index (χ3v) is 3.79. The summed E-state index contributed by atoms with van der Waals surface area (Å²) in [6.07, 6.45) is 1.05. The number of fused-ring (bicyclic) bond motifs is 2. The standard InChI is InChI=1S/C11H14ClN3O/c1-6-13-9(12)3-10(14-6)15-4-7-2-8(5-15)11(7)16/h3,7-8,11,16H,2,4-5H2,1H3. The van der Waals surface area contributed by atoms with E-state index in [1.807, 2.05) is 6.92 Å². The van der Waals surface area contributed by atoms with Gasteiger partial charge >= 0.3 is 0 Å². The van der Waals surface area contributed by atoms with Crippen LogP contribution in [0.25, 0.3) is 0 Å². The molecule has 0 radical (unpaired) electrons. The first-order valence-corrected chi connectivity index (χ1v) is 5.95. The van der Waals surface area contributed by atoms with E-state index in [0.717, 1.165) is 25.3 Å². The first kappa shape index (κ1) is 10.3. The minimum atomic E-state index is -0.102. The van der Waals surface area contributed by atoms with Crippen molar-refractivity contribution < 1.29 is 5.11 Å². The zero-order chi connectivity index (χ0) is 11.3. The Morgan fingerprint density at radius 3 is 2.62 bits per heavy atom. The van der Waals surface area contributed by atoms with Gasteiger partial charge in [0.05, 0.1) is 6.10 Å². The summed E-state index contributed by atoms with van der Waals surface area (Å²) in [6.45, 7) is 3.60. The molecule has 1 aromatic heterocycles. The predicted molar refractivity (Wildman–Crippen MR) is 61.6 cm³/mol. The normalized spacial score (nSPS) is 32.4. The van der Waals surface area contributed by atoms with Gasteiger partial charge in [-0.1, -0.05) is 11.6 Å². The molecule has 0 aromatic carbocycles. The molecule has 1 N–H and O–H groups in total. The SMILES string of the molecule is Cc1nc(Cl)cc(N2CC3CC(C2)C3O)n1. The first-order valence-electron chi connectivity index (χ1n) is 5.57. The number of halogens is 1. The van der Waals surface area contributed by atoms with Gasteiger partial charge in [-0.05, 0) is 13.3 Å². The van der Waals surface area contributed by atoms with Gasteiger partial charge in [0.2, 0.25) is 0 Å². The quantitative estimate of drug-likeness (QED) is 0.750. The van der Waals surface area contributed by atoms with Crippen molar-refractivity contribution in [3.63, 3.8) is 0 Å². The minimum absolute atomic E-state index is 0.102. The topological polar surface area (TPSA) is 49.2 Å². The van der Waals surface area contributed by atoms with Gasteiger partial charge in [-0.15, -0.1) is 0 Å². The highest BCUT2D eigenvalue weighted by molar-refractivity contribution is 6.29. The van der Waals surface area contributed by atoms with E-state index < -0.39 is 0 Å². The molecule has 2 atom stereocenters. The Labute approximate surface area is 99.3 Å². The van der Waals surface area contributed by atoms with Crippen LogP contribution in [0.4, 0.5) is 5.82 Å². The number of hydrogen-bond donors (Lipinski definition) is 1. The monoisotopic (exact) mass is 239 g/mol. The van der Waals surface area contributed by atoms with Crippen LogP contribution in [-0.2, 0) is 0 Å². The van der Waals surface area contributed by atoms with Crippen LogP contribution in [0.15, 0.2) is 6.07 Å². The highest BCUT2D eigenvalue weighted by Gasteiger charge is 2.46. The number of aliphatic hydroxyl groups is 1. The van der Waals surface area contributed by atoms with Crippen molar-refractivity contribution in [2.45, 2.75) is 19.4 Å². The smallest absolute Gasteiger partial charge is 0.134 e. The minimum Gasteiger partial charge on any atom is -0.392 e. The fraction of sp³-hybridized carbons (Fsp3) is 0.636. The molecule has 4 rings (SSSR count). The summed E-state index contributed by atoms with van der Waals surface area (Å²) in [5.74, 6) is 2.40. The summed E-state index contributed by atoms with van der Waals surface area (Å²) in [7, 11) is 0. The van der Waals surface area contributed by atoms with Crippen molar-refractivity contribution in [2.75, 3.05) is 18.0 Å². The fourth-order valence-electron chi connectivity index (χ4n) is 2.73. The fourth-order valence-corrected chi connectivity index (χ4v) is 2.95. The Morgan fingerprint density at radius 2 is 2.06 bits per heavy atom. The van der Waals surface area contributed by atoms with Crippen LogP contribution in [0.3, 0.4) is 0 Å². The number of nitrogens with zero attached hydrogens (tertiary/aromatic N) is 3. The van der Waals surface area contributed by atoms with Crippen LogP contribution in [0, 0.1) is 18.8 Å². The molecule has 4 nitrogen and oxygen atoms in total. The van der Waals surface area contributed by atoms with Crippen LogP contribution in [-0.4, -0.2) is 34.3 Å². The van der Waals surface area contributed by atoms with Crippen LogP contribution < -0.4 is 4.90 Å². The van der Waals surface area contributed by atoms with E-state index >= 15 is 0 Å². The third-order valence-electron chi connectivity index (χ3n) is 3.60. The number of aromatic nitrogens is 2. The van der Waals surface area contributed by atoms with Crippen LogP contribution >= 0.6 is 11.6 Å². The summed E-state index contributed by atoms with van der Waals surface area (Å²) in [6, 6.07) is 1.80. The van der Waals surface area contributed by atoms with Gasteiger partial charge in [-0.25, -0.2) is 9.97 Å². The Hall–Kier alpha value is -0.870. The average molecular weight is 240 g/mol. The van der Waals surface area contributed by atoms with Crippen molar-refractivity contribution in [2.24, 2.45) is 11.8 Å². The second-order valence-corrected chi connectivity index (χ2v) is 5.13. The molecule has 3 heterocycles. The molecule has 2 unspecified atom stereocenters. The summed E-state index contributed by atoms with van der Waals surface area (Å²) < 4.78 is 0. The number of rotatable bonds is 1. The number of aryl methyl sites for hydroxylation is 1. The molecular formula is C11H14ClN3O. The van der Waals surface area contributed by atoms with E-state index in [1.54, 1.807) is 6.07 Å². The molecule has 2 saturated heterocycles. The van der Waals surface area contributed by atoms with Gasteiger partial charge in [0.25, 0.3) is 0 Å². The highest BCUT2D eigenvalue weighted by atomic mass is 35.5. The van der Waals surface area contributed by atoms with Gasteiger partial charge in [0, 0.05) is 31.0 Å². The van der Waals surface area contributed by atoms with Crippen LogP contribution in [0.2, 0.25) is 5.15 Å². The Balaban J connectivity index is 1.83. The molecule has 1 aliphatic carbocycles. The summed E-state index contributed by atoms with van der Waals surface area (Å²) in [5, 5.41) is 10.2. The van der Waals surface area contributed by atoms with Crippen molar-refractivity contribution in [1.82, 2.24) is 9.97 Å². The number of anilines is 1. The molecular weight excluding hydrogens is 226 g/mol. The summed E-state index contributed by atoms with van der Waals surface area (Å²) in [4.78, 5) is 10.6. The lowest BCUT2D eigenvalue weighted by molar-refractivity contribution is -0.0533. The predicted octanol–water partition coefficient (Wildman–Crippen LogP) is 1.26. The maximum Gasteiger partial charge on any atom is 0.134 e. The van der Waals surface area contributed by atoms with E-state index in [0.29, 0.717) is 22.8 Å². The van der Waals surface area contributed by atoms with Gasteiger partial charge < -0.3 is 10.0 Å². The number of aliphatic hydroxyl groups excluding tert-OH is 1. The molecule has 2 aliphatic heterocycles. The summed E-state index contributed by atoms with van der Waals surface area (Å²) >= 11 is 5.92. The average Bonchev–Trinajstić information content (AvgIpc) is 2.27. The zero-order valence-electron chi connectivity index (χ0n) is 9.10. The van der Waals surface area contributed by atoms with Crippen LogP contribution in [0.1, 0.15) is 12.2 Å². The molecule has 5 heteroatoms. The second-order valence-electron chi connectivity index (χ2n) is 4.75. The van der Waals surface area contributed by atoms with E-state index in [2.05, 4.69) is 14.9 Å². The molecule has 0 amide bonds. The molecule has 16 heavy (non-hydrogen) atoms. The van der Waals surface area contributed by atoms with E-state index in [4.69, 9.17) is 11.6 Å². The largest absolute Gasteiger partial charge is 0.392 e. The Bertz CT molecular complexity index is 393. The molecule has 1 aromatic rings. The van der Waals surface area contributed by atoms with Crippen molar-refractivity contribution in [3.8, 4) is 0 Å².